The number of aryl methyl sites for hydroxylation is 1. The molecule has 3 rings (SSSR count). The Balaban J connectivity index is 1.82. The van der Waals surface area contributed by atoms with Crippen molar-refractivity contribution in [3.8, 4) is 0 Å². The molecule has 4 nitrogen and oxygen atoms in total. The topological polar surface area (TPSA) is 55.4 Å². The maximum atomic E-state index is 12.6. The van der Waals surface area contributed by atoms with Crippen molar-refractivity contribution in [2.75, 3.05) is 12.4 Å². The first-order chi connectivity index (χ1) is 10.5. The third-order valence-electron chi connectivity index (χ3n) is 5.26. The number of methoxy groups -OCH3 is 1. The summed E-state index contributed by atoms with van der Waals surface area (Å²) in [7, 11) is 1.39. The van der Waals surface area contributed by atoms with Crippen LogP contribution in [0.5, 0.6) is 0 Å². The molecule has 2 saturated carbocycles. The van der Waals surface area contributed by atoms with Crippen LogP contribution in [-0.2, 0) is 16.0 Å². The Morgan fingerprint density at radius 1 is 1.32 bits per heavy atom. The second-order valence-corrected chi connectivity index (χ2v) is 7.68. The molecule has 1 heterocycles. The summed E-state index contributed by atoms with van der Waals surface area (Å²) < 4.78 is 4.91. The van der Waals surface area contributed by atoms with Crippen LogP contribution in [0.1, 0.15) is 53.4 Å². The van der Waals surface area contributed by atoms with E-state index in [1.165, 1.54) is 37.7 Å². The molecule has 1 aromatic heterocycles. The molecule has 120 valence electrons. The van der Waals surface area contributed by atoms with Gasteiger partial charge in [-0.2, -0.15) is 0 Å². The van der Waals surface area contributed by atoms with Crippen LogP contribution in [0, 0.1) is 24.7 Å². The predicted octanol–water partition coefficient (Wildman–Crippen LogP) is 3.78. The minimum Gasteiger partial charge on any atom is -0.465 e. The first-order valence-corrected chi connectivity index (χ1v) is 8.88. The number of carbonyl (C=O) groups is 2. The number of ether oxygens (including phenoxy) is 1. The number of thiophene rings is 1. The summed E-state index contributed by atoms with van der Waals surface area (Å²) in [6.07, 6.45) is 5.42. The van der Waals surface area contributed by atoms with Crippen molar-refractivity contribution in [3.05, 3.63) is 16.0 Å². The Labute approximate surface area is 135 Å². The summed E-state index contributed by atoms with van der Waals surface area (Å²) in [6, 6.07) is 0. The van der Waals surface area contributed by atoms with Crippen molar-refractivity contribution in [3.63, 3.8) is 0 Å². The molecule has 2 bridgehead atoms. The number of nitrogens with one attached hydrogen (secondary N) is 1. The molecule has 22 heavy (non-hydrogen) atoms. The van der Waals surface area contributed by atoms with Gasteiger partial charge in [0.2, 0.25) is 5.91 Å². The first-order valence-electron chi connectivity index (χ1n) is 8.06. The molecule has 2 fully saturated rings. The molecule has 1 N–H and O–H groups in total. The molecule has 0 saturated heterocycles. The van der Waals surface area contributed by atoms with E-state index in [4.69, 9.17) is 4.74 Å². The maximum Gasteiger partial charge on any atom is 0.341 e. The van der Waals surface area contributed by atoms with Gasteiger partial charge in [0.05, 0.1) is 12.7 Å². The lowest BCUT2D eigenvalue weighted by atomic mass is 9.88. The molecular weight excluding hydrogens is 298 g/mol. The van der Waals surface area contributed by atoms with Gasteiger partial charge in [0, 0.05) is 10.8 Å². The van der Waals surface area contributed by atoms with Gasteiger partial charge in [0.15, 0.2) is 0 Å². The Morgan fingerprint density at radius 2 is 2.09 bits per heavy atom. The number of rotatable bonds is 4. The summed E-state index contributed by atoms with van der Waals surface area (Å²) in [5.41, 5.74) is 1.53. The lowest BCUT2D eigenvalue weighted by Gasteiger charge is -2.20. The molecule has 0 radical (unpaired) electrons. The third kappa shape index (κ3) is 2.56. The normalized spacial score (nSPS) is 26.2. The number of anilines is 1. The van der Waals surface area contributed by atoms with Crippen molar-refractivity contribution in [1.82, 2.24) is 0 Å². The average molecular weight is 321 g/mol. The fourth-order valence-corrected chi connectivity index (χ4v) is 5.32. The van der Waals surface area contributed by atoms with Crippen molar-refractivity contribution in [1.29, 1.82) is 0 Å². The highest BCUT2D eigenvalue weighted by Gasteiger charge is 2.43. The van der Waals surface area contributed by atoms with E-state index < -0.39 is 0 Å². The van der Waals surface area contributed by atoms with Crippen LogP contribution in [0.15, 0.2) is 0 Å². The van der Waals surface area contributed by atoms with E-state index in [1.807, 2.05) is 13.8 Å². The van der Waals surface area contributed by atoms with Gasteiger partial charge in [-0.05, 0) is 50.0 Å². The Bertz CT molecular complexity index is 607. The summed E-state index contributed by atoms with van der Waals surface area (Å²) in [5.74, 6) is 1.12. The first kappa shape index (κ1) is 15.5. The molecular formula is C17H23NO3S. The van der Waals surface area contributed by atoms with E-state index in [0.717, 1.165) is 29.2 Å². The summed E-state index contributed by atoms with van der Waals surface area (Å²) in [4.78, 5) is 25.8. The SMILES string of the molecule is CCc1c(C)sc(NC(=O)[C@H]2C[C@H]3CC[C@H]2C3)c1C(=O)OC. The molecule has 0 aliphatic heterocycles. The number of fused-ring (bicyclic) bond motifs is 2. The molecule has 5 heteroatoms. The number of esters is 1. The highest BCUT2D eigenvalue weighted by Crippen LogP contribution is 2.49. The van der Waals surface area contributed by atoms with E-state index in [2.05, 4.69) is 5.32 Å². The van der Waals surface area contributed by atoms with Gasteiger partial charge >= 0.3 is 5.97 Å². The summed E-state index contributed by atoms with van der Waals surface area (Å²) >= 11 is 1.48. The quantitative estimate of drug-likeness (QED) is 0.859. The minimum absolute atomic E-state index is 0.0845. The second kappa shape index (κ2) is 6.03. The third-order valence-corrected chi connectivity index (χ3v) is 6.33. The zero-order valence-corrected chi connectivity index (χ0v) is 14.2. The van der Waals surface area contributed by atoms with Crippen LogP contribution < -0.4 is 5.32 Å². The lowest BCUT2D eigenvalue weighted by molar-refractivity contribution is -0.121. The fourth-order valence-electron chi connectivity index (χ4n) is 4.18. The average Bonchev–Trinajstić information content (AvgIpc) is 3.20. The van der Waals surface area contributed by atoms with E-state index in [1.54, 1.807) is 0 Å². The van der Waals surface area contributed by atoms with Crippen LogP contribution in [0.3, 0.4) is 0 Å². The minimum atomic E-state index is -0.357. The monoisotopic (exact) mass is 321 g/mol. The highest BCUT2D eigenvalue weighted by atomic mass is 32.1. The van der Waals surface area contributed by atoms with Crippen molar-refractivity contribution in [2.24, 2.45) is 17.8 Å². The van der Waals surface area contributed by atoms with Gasteiger partial charge in [0.1, 0.15) is 5.00 Å². The fraction of sp³-hybridized carbons (Fsp3) is 0.647. The van der Waals surface area contributed by atoms with Crippen LogP contribution in [0.2, 0.25) is 0 Å². The van der Waals surface area contributed by atoms with Crippen molar-refractivity contribution in [2.45, 2.75) is 46.0 Å². The number of hydrogen-bond donors (Lipinski definition) is 1. The number of hydrogen-bond acceptors (Lipinski definition) is 4. The van der Waals surface area contributed by atoms with E-state index in [9.17, 15) is 9.59 Å². The van der Waals surface area contributed by atoms with Crippen LogP contribution >= 0.6 is 11.3 Å². The van der Waals surface area contributed by atoms with Gasteiger partial charge in [-0.3, -0.25) is 4.79 Å². The highest BCUT2D eigenvalue weighted by molar-refractivity contribution is 7.16. The van der Waals surface area contributed by atoms with Gasteiger partial charge < -0.3 is 10.1 Å². The lowest BCUT2D eigenvalue weighted by Crippen LogP contribution is -2.27. The molecule has 2 aliphatic carbocycles. The van der Waals surface area contributed by atoms with Gasteiger partial charge in [-0.25, -0.2) is 4.79 Å². The smallest absolute Gasteiger partial charge is 0.341 e. The number of carbonyl (C=O) groups excluding carboxylic acids is 2. The predicted molar refractivity (Wildman–Crippen MR) is 87.3 cm³/mol. The van der Waals surface area contributed by atoms with Crippen LogP contribution in [-0.4, -0.2) is 19.0 Å². The van der Waals surface area contributed by atoms with E-state index in [0.29, 0.717) is 16.5 Å². The zero-order chi connectivity index (χ0) is 15.9. The summed E-state index contributed by atoms with van der Waals surface area (Å²) in [6.45, 7) is 4.01. The van der Waals surface area contributed by atoms with E-state index >= 15 is 0 Å². The van der Waals surface area contributed by atoms with E-state index in [-0.39, 0.29) is 17.8 Å². The van der Waals surface area contributed by atoms with Crippen LogP contribution in [0.4, 0.5) is 5.00 Å². The second-order valence-electron chi connectivity index (χ2n) is 6.46. The van der Waals surface area contributed by atoms with Crippen molar-refractivity contribution >= 4 is 28.2 Å². The molecule has 1 aromatic rings. The van der Waals surface area contributed by atoms with Gasteiger partial charge in [-0.1, -0.05) is 13.3 Å². The maximum absolute atomic E-state index is 12.6. The molecule has 1 amide bonds. The molecule has 0 aromatic carbocycles. The standard InChI is InChI=1S/C17H23NO3S/c1-4-12-9(2)22-16(14(12)17(20)21-3)18-15(19)13-8-10-5-6-11(13)7-10/h10-11,13H,4-8H2,1-3H3,(H,18,19)/t10-,11-,13-/m0/s1. The van der Waals surface area contributed by atoms with Crippen LogP contribution in [0.25, 0.3) is 0 Å². The zero-order valence-electron chi connectivity index (χ0n) is 13.4. The van der Waals surface area contributed by atoms with Gasteiger partial charge in [0.25, 0.3) is 0 Å². The Morgan fingerprint density at radius 3 is 2.64 bits per heavy atom. The molecule has 0 unspecified atom stereocenters. The molecule has 0 spiro atoms. The number of amides is 1. The van der Waals surface area contributed by atoms with Gasteiger partial charge in [-0.15, -0.1) is 11.3 Å². The van der Waals surface area contributed by atoms with Crippen molar-refractivity contribution < 1.29 is 14.3 Å². The molecule has 2 aliphatic rings. The summed E-state index contributed by atoms with van der Waals surface area (Å²) in [5, 5.41) is 3.69. The Kier molecular flexibility index (Phi) is 4.26. The molecule has 3 atom stereocenters. The largest absolute Gasteiger partial charge is 0.465 e. The Hall–Kier alpha value is -1.36.